The van der Waals surface area contributed by atoms with E-state index in [0.717, 1.165) is 15.7 Å². The van der Waals surface area contributed by atoms with Gasteiger partial charge in [-0.1, -0.05) is 18.2 Å². The number of anilines is 1. The van der Waals surface area contributed by atoms with Crippen LogP contribution in [0.4, 0.5) is 10.2 Å². The zero-order valence-electron chi connectivity index (χ0n) is 15.3. The zero-order valence-corrected chi connectivity index (χ0v) is 15.3. The first-order valence-corrected chi connectivity index (χ1v) is 8.38. The molecular weight excluding hydrogens is 349 g/mol. The Morgan fingerprint density at radius 1 is 1.07 bits per heavy atom. The minimum absolute atomic E-state index is 0.0686. The van der Waals surface area contributed by atoms with E-state index >= 15 is 0 Å². The smallest absolute Gasteiger partial charge is 0.337 e. The second-order valence-corrected chi connectivity index (χ2v) is 6.12. The van der Waals surface area contributed by atoms with Crippen LogP contribution in [0.2, 0.25) is 0 Å². The molecule has 0 amide bonds. The van der Waals surface area contributed by atoms with Gasteiger partial charge in [-0.2, -0.15) is 0 Å². The molecule has 0 unspecified atom stereocenters. The average Bonchev–Trinajstić information content (AvgIpc) is 2.66. The molecule has 27 heavy (non-hydrogen) atoms. The van der Waals surface area contributed by atoms with Gasteiger partial charge in [-0.05, 0) is 42.3 Å². The summed E-state index contributed by atoms with van der Waals surface area (Å²) in [6, 6.07) is 12.9. The topological polar surface area (TPSA) is 65.3 Å². The predicted octanol–water partition coefficient (Wildman–Crippen LogP) is 2.55. The standard InChI is InChI=1S/C20H20FN3O3/c1-13-4-9-17(16(21)10-13)24-18(22-2)11-19(25)23(20(24)26)12-14-5-7-15(27-3)8-6-14/h4-11,22H,12H2,1-3H3. The number of aromatic nitrogens is 2. The van der Waals surface area contributed by atoms with E-state index < -0.39 is 17.1 Å². The van der Waals surface area contributed by atoms with Gasteiger partial charge >= 0.3 is 5.69 Å². The Morgan fingerprint density at radius 2 is 1.78 bits per heavy atom. The highest BCUT2D eigenvalue weighted by atomic mass is 19.1. The number of nitrogens with one attached hydrogen (secondary N) is 1. The number of methoxy groups -OCH3 is 1. The van der Waals surface area contributed by atoms with Gasteiger partial charge in [0.05, 0.1) is 19.3 Å². The predicted molar refractivity (Wildman–Crippen MR) is 103 cm³/mol. The number of aryl methyl sites for hydroxylation is 1. The van der Waals surface area contributed by atoms with Crippen LogP contribution in [0, 0.1) is 12.7 Å². The molecule has 2 aromatic carbocycles. The number of hydrogen-bond donors (Lipinski definition) is 1. The van der Waals surface area contributed by atoms with Crippen LogP contribution in [-0.2, 0) is 6.54 Å². The fraction of sp³-hybridized carbons (Fsp3) is 0.200. The maximum absolute atomic E-state index is 14.5. The molecule has 0 atom stereocenters. The Labute approximate surface area is 155 Å². The highest BCUT2D eigenvalue weighted by Crippen LogP contribution is 2.17. The molecule has 7 heteroatoms. The summed E-state index contributed by atoms with van der Waals surface area (Å²) in [6.45, 7) is 1.83. The van der Waals surface area contributed by atoms with E-state index in [4.69, 9.17) is 4.74 Å². The first-order valence-electron chi connectivity index (χ1n) is 8.38. The van der Waals surface area contributed by atoms with Gasteiger partial charge in [0.15, 0.2) is 0 Å². The number of ether oxygens (including phenoxy) is 1. The molecule has 3 aromatic rings. The van der Waals surface area contributed by atoms with Crippen molar-refractivity contribution in [1.82, 2.24) is 9.13 Å². The molecule has 3 rings (SSSR count). The molecule has 0 spiro atoms. The minimum atomic E-state index is -0.620. The molecule has 1 aromatic heterocycles. The summed E-state index contributed by atoms with van der Waals surface area (Å²) in [7, 11) is 3.13. The van der Waals surface area contributed by atoms with Crippen molar-refractivity contribution < 1.29 is 9.13 Å². The van der Waals surface area contributed by atoms with Crippen LogP contribution in [0.5, 0.6) is 5.75 Å². The van der Waals surface area contributed by atoms with Crippen LogP contribution in [0.1, 0.15) is 11.1 Å². The molecule has 140 valence electrons. The lowest BCUT2D eigenvalue weighted by atomic mass is 10.2. The van der Waals surface area contributed by atoms with E-state index in [1.807, 2.05) is 0 Å². The van der Waals surface area contributed by atoms with Crippen molar-refractivity contribution in [2.75, 3.05) is 19.5 Å². The summed E-state index contributed by atoms with van der Waals surface area (Å²) in [4.78, 5) is 25.5. The summed E-state index contributed by atoms with van der Waals surface area (Å²) in [5.41, 5.74) is 0.484. The van der Waals surface area contributed by atoms with E-state index in [1.165, 1.54) is 22.8 Å². The monoisotopic (exact) mass is 369 g/mol. The number of hydrogen-bond acceptors (Lipinski definition) is 4. The Morgan fingerprint density at radius 3 is 2.37 bits per heavy atom. The summed E-state index contributed by atoms with van der Waals surface area (Å²) in [6.07, 6.45) is 0. The molecule has 1 heterocycles. The van der Waals surface area contributed by atoms with Crippen molar-refractivity contribution >= 4 is 5.82 Å². The molecule has 0 aliphatic carbocycles. The number of halogens is 1. The Kier molecular flexibility index (Phi) is 5.12. The molecule has 0 saturated heterocycles. The molecular formula is C20H20FN3O3. The quantitative estimate of drug-likeness (QED) is 0.751. The fourth-order valence-electron chi connectivity index (χ4n) is 2.85. The van der Waals surface area contributed by atoms with Crippen LogP contribution in [-0.4, -0.2) is 23.3 Å². The SMILES string of the molecule is CNc1cc(=O)n(Cc2ccc(OC)cc2)c(=O)n1-c1ccc(C)cc1F. The molecule has 6 nitrogen and oxygen atoms in total. The minimum Gasteiger partial charge on any atom is -0.497 e. The van der Waals surface area contributed by atoms with E-state index in [2.05, 4.69) is 5.32 Å². The van der Waals surface area contributed by atoms with Crippen molar-refractivity contribution in [2.24, 2.45) is 0 Å². The average molecular weight is 369 g/mol. The van der Waals surface area contributed by atoms with Gasteiger partial charge in [-0.15, -0.1) is 0 Å². The number of nitrogens with zero attached hydrogens (tertiary/aromatic N) is 2. The van der Waals surface area contributed by atoms with Crippen molar-refractivity contribution in [1.29, 1.82) is 0 Å². The third-order valence-corrected chi connectivity index (χ3v) is 4.29. The lowest BCUT2D eigenvalue weighted by Crippen LogP contribution is -2.40. The zero-order chi connectivity index (χ0) is 19.6. The van der Waals surface area contributed by atoms with Crippen molar-refractivity contribution in [3.63, 3.8) is 0 Å². The Balaban J connectivity index is 2.15. The van der Waals surface area contributed by atoms with Gasteiger partial charge in [0, 0.05) is 13.1 Å². The Hall–Kier alpha value is -3.35. The first kappa shape index (κ1) is 18.4. The summed E-state index contributed by atoms with van der Waals surface area (Å²) in [5.74, 6) is 0.359. The molecule has 0 saturated carbocycles. The molecule has 0 bridgehead atoms. The number of benzene rings is 2. The Bertz CT molecular complexity index is 1090. The fourth-order valence-corrected chi connectivity index (χ4v) is 2.85. The third-order valence-electron chi connectivity index (χ3n) is 4.29. The van der Waals surface area contributed by atoms with Gasteiger partial charge in [0.1, 0.15) is 17.4 Å². The van der Waals surface area contributed by atoms with Crippen molar-refractivity contribution in [3.05, 3.63) is 86.3 Å². The van der Waals surface area contributed by atoms with Crippen LogP contribution < -0.4 is 21.3 Å². The van der Waals surface area contributed by atoms with E-state index in [9.17, 15) is 14.0 Å². The van der Waals surface area contributed by atoms with Crippen LogP contribution in [0.25, 0.3) is 5.69 Å². The largest absolute Gasteiger partial charge is 0.497 e. The molecule has 0 fully saturated rings. The summed E-state index contributed by atoms with van der Waals surface area (Å²) in [5, 5.41) is 2.79. The van der Waals surface area contributed by atoms with Gasteiger partial charge in [-0.25, -0.2) is 13.8 Å². The summed E-state index contributed by atoms with van der Waals surface area (Å²) < 4.78 is 21.8. The normalized spacial score (nSPS) is 10.7. The summed E-state index contributed by atoms with van der Waals surface area (Å²) >= 11 is 0. The lowest BCUT2D eigenvalue weighted by molar-refractivity contribution is 0.414. The molecule has 0 aliphatic rings. The van der Waals surface area contributed by atoms with E-state index in [-0.39, 0.29) is 18.1 Å². The van der Waals surface area contributed by atoms with Gasteiger partial charge in [0.25, 0.3) is 5.56 Å². The van der Waals surface area contributed by atoms with Crippen LogP contribution >= 0.6 is 0 Å². The van der Waals surface area contributed by atoms with Gasteiger partial charge in [0.2, 0.25) is 0 Å². The third kappa shape index (κ3) is 3.62. The van der Waals surface area contributed by atoms with Crippen molar-refractivity contribution in [3.8, 4) is 11.4 Å². The second-order valence-electron chi connectivity index (χ2n) is 6.12. The van der Waals surface area contributed by atoms with E-state index in [1.54, 1.807) is 51.4 Å². The van der Waals surface area contributed by atoms with Crippen molar-refractivity contribution in [2.45, 2.75) is 13.5 Å². The van der Waals surface area contributed by atoms with E-state index in [0.29, 0.717) is 5.75 Å². The van der Waals surface area contributed by atoms with Gasteiger partial charge in [-0.3, -0.25) is 9.36 Å². The lowest BCUT2D eigenvalue weighted by Gasteiger charge is -2.16. The van der Waals surface area contributed by atoms with Gasteiger partial charge < -0.3 is 10.1 Å². The number of rotatable bonds is 5. The maximum atomic E-state index is 14.5. The first-order chi connectivity index (χ1) is 12.9. The van der Waals surface area contributed by atoms with Crippen LogP contribution in [0.3, 0.4) is 0 Å². The second kappa shape index (κ2) is 7.49. The highest BCUT2D eigenvalue weighted by molar-refractivity contribution is 5.46. The molecule has 0 radical (unpaired) electrons. The molecule has 0 aliphatic heterocycles. The molecule has 1 N–H and O–H groups in total. The van der Waals surface area contributed by atoms with Crippen LogP contribution in [0.15, 0.2) is 58.1 Å². The highest BCUT2D eigenvalue weighted by Gasteiger charge is 2.16. The maximum Gasteiger partial charge on any atom is 0.337 e.